The van der Waals surface area contributed by atoms with Crippen LogP contribution in [0.3, 0.4) is 0 Å². The maximum atomic E-state index is 12.3. The van der Waals surface area contributed by atoms with Gasteiger partial charge in [0.25, 0.3) is 5.91 Å². The lowest BCUT2D eigenvalue weighted by Crippen LogP contribution is -2.29. The highest BCUT2D eigenvalue weighted by atomic mass is 19.4. The van der Waals surface area contributed by atoms with E-state index >= 15 is 0 Å². The molecule has 8 heteroatoms. The predicted molar refractivity (Wildman–Crippen MR) is 43.7 cm³/mol. The number of nitrogens with one attached hydrogen (secondary N) is 1. The van der Waals surface area contributed by atoms with Crippen LogP contribution in [-0.2, 0) is 4.84 Å². The number of pyridine rings is 1. The summed E-state index contributed by atoms with van der Waals surface area (Å²) in [5.74, 6) is -1.73. The molecule has 4 nitrogen and oxygen atoms in total. The van der Waals surface area contributed by atoms with Gasteiger partial charge in [-0.3, -0.25) is 9.63 Å². The lowest BCUT2D eigenvalue weighted by atomic mass is 10.3. The monoisotopic (exact) mass is 238 g/mol. The quantitative estimate of drug-likeness (QED) is 0.492. The molecule has 0 saturated carbocycles. The Labute approximate surface area is 87.2 Å². The van der Waals surface area contributed by atoms with E-state index in [9.17, 15) is 22.4 Å². The summed E-state index contributed by atoms with van der Waals surface area (Å²) in [6.07, 6.45) is -3.66. The second kappa shape index (κ2) is 4.88. The first-order valence-electron chi connectivity index (χ1n) is 3.99. The molecule has 0 aliphatic rings. The largest absolute Gasteiger partial charge is 0.414 e. The number of aromatic nitrogens is 1. The van der Waals surface area contributed by atoms with Crippen LogP contribution in [0.4, 0.5) is 17.6 Å². The van der Waals surface area contributed by atoms with E-state index < -0.39 is 24.6 Å². The first kappa shape index (κ1) is 12.4. The van der Waals surface area contributed by atoms with Crippen LogP contribution in [0.1, 0.15) is 10.4 Å². The SMILES string of the molecule is O=C(NOCC(F)(F)F)c1ccc(F)nc1. The number of amides is 1. The van der Waals surface area contributed by atoms with Gasteiger partial charge in [0, 0.05) is 6.20 Å². The average Bonchev–Trinajstić information content (AvgIpc) is 2.16. The molecule has 0 unspecified atom stereocenters. The minimum absolute atomic E-state index is 0.108. The molecule has 0 aromatic carbocycles. The standard InChI is InChI=1S/C8H6F4N2O2/c9-6-2-1-5(3-13-6)7(15)14-16-4-8(10,11)12/h1-3H,4H2,(H,14,15). The first-order chi connectivity index (χ1) is 7.38. The number of alkyl halides is 3. The van der Waals surface area contributed by atoms with Gasteiger partial charge < -0.3 is 0 Å². The summed E-state index contributed by atoms with van der Waals surface area (Å²) < 4.78 is 47.2. The Kier molecular flexibility index (Phi) is 3.78. The Morgan fingerprint density at radius 1 is 1.44 bits per heavy atom. The Balaban J connectivity index is 2.44. The number of rotatable bonds is 3. The topological polar surface area (TPSA) is 51.2 Å². The predicted octanol–water partition coefficient (Wildman–Crippen LogP) is 1.44. The number of carbonyl (C=O) groups excluding carboxylic acids is 1. The normalized spacial score (nSPS) is 11.2. The summed E-state index contributed by atoms with van der Waals surface area (Å²) in [5.41, 5.74) is 1.45. The van der Waals surface area contributed by atoms with Crippen molar-refractivity contribution in [2.75, 3.05) is 6.61 Å². The van der Waals surface area contributed by atoms with Gasteiger partial charge in [-0.2, -0.15) is 17.6 Å². The Bertz CT molecular complexity index is 363. The molecule has 88 valence electrons. The fraction of sp³-hybridized carbons (Fsp3) is 0.250. The number of hydrogen-bond acceptors (Lipinski definition) is 3. The summed E-state index contributed by atoms with van der Waals surface area (Å²) in [4.78, 5) is 18.1. The maximum absolute atomic E-state index is 12.3. The van der Waals surface area contributed by atoms with E-state index in [1.807, 2.05) is 0 Å². The van der Waals surface area contributed by atoms with Crippen molar-refractivity contribution in [1.29, 1.82) is 0 Å². The van der Waals surface area contributed by atoms with Crippen molar-refractivity contribution in [1.82, 2.24) is 10.5 Å². The van der Waals surface area contributed by atoms with E-state index in [1.54, 1.807) is 5.48 Å². The highest BCUT2D eigenvalue weighted by Gasteiger charge is 2.28. The van der Waals surface area contributed by atoms with Gasteiger partial charge in [0.05, 0.1) is 5.56 Å². The zero-order valence-corrected chi connectivity index (χ0v) is 7.71. The van der Waals surface area contributed by atoms with Gasteiger partial charge in [-0.15, -0.1) is 0 Å². The molecule has 16 heavy (non-hydrogen) atoms. The fourth-order valence-electron chi connectivity index (χ4n) is 0.753. The molecule has 1 amide bonds. The fourth-order valence-corrected chi connectivity index (χ4v) is 0.753. The number of nitrogens with zero attached hydrogens (tertiary/aromatic N) is 1. The van der Waals surface area contributed by atoms with E-state index in [4.69, 9.17) is 0 Å². The van der Waals surface area contributed by atoms with Gasteiger partial charge in [0.2, 0.25) is 5.95 Å². The van der Waals surface area contributed by atoms with Crippen LogP contribution in [-0.4, -0.2) is 23.7 Å². The van der Waals surface area contributed by atoms with Crippen molar-refractivity contribution in [3.63, 3.8) is 0 Å². The van der Waals surface area contributed by atoms with E-state index in [-0.39, 0.29) is 5.56 Å². The second-order valence-electron chi connectivity index (χ2n) is 2.70. The lowest BCUT2D eigenvalue weighted by Gasteiger charge is -2.07. The van der Waals surface area contributed by atoms with Crippen molar-refractivity contribution in [2.24, 2.45) is 0 Å². The maximum Gasteiger partial charge on any atom is 0.414 e. The van der Waals surface area contributed by atoms with Crippen LogP contribution in [0.5, 0.6) is 0 Å². The minimum atomic E-state index is -4.53. The van der Waals surface area contributed by atoms with Crippen molar-refractivity contribution in [2.45, 2.75) is 6.18 Å². The van der Waals surface area contributed by atoms with Gasteiger partial charge >= 0.3 is 6.18 Å². The van der Waals surface area contributed by atoms with Gasteiger partial charge in [0.1, 0.15) is 0 Å². The third kappa shape index (κ3) is 4.22. The van der Waals surface area contributed by atoms with Crippen LogP contribution < -0.4 is 5.48 Å². The van der Waals surface area contributed by atoms with Crippen molar-refractivity contribution in [3.05, 3.63) is 29.8 Å². The zero-order valence-electron chi connectivity index (χ0n) is 7.71. The smallest absolute Gasteiger partial charge is 0.267 e. The summed E-state index contributed by atoms with van der Waals surface area (Å²) in [6, 6.07) is 1.97. The van der Waals surface area contributed by atoms with Crippen LogP contribution in [0.25, 0.3) is 0 Å². The molecule has 1 aromatic rings. The Hall–Kier alpha value is -1.70. The number of carbonyl (C=O) groups is 1. The van der Waals surface area contributed by atoms with Crippen LogP contribution >= 0.6 is 0 Å². The van der Waals surface area contributed by atoms with E-state index in [2.05, 4.69) is 9.82 Å². The van der Waals surface area contributed by atoms with Crippen LogP contribution in [0, 0.1) is 5.95 Å². The van der Waals surface area contributed by atoms with Crippen molar-refractivity contribution in [3.8, 4) is 0 Å². The summed E-state index contributed by atoms with van der Waals surface area (Å²) >= 11 is 0. The summed E-state index contributed by atoms with van der Waals surface area (Å²) in [6.45, 7) is -1.60. The van der Waals surface area contributed by atoms with Crippen LogP contribution in [0.2, 0.25) is 0 Å². The number of halogens is 4. The minimum Gasteiger partial charge on any atom is -0.267 e. The molecule has 0 bridgehead atoms. The van der Waals surface area contributed by atoms with E-state index in [0.29, 0.717) is 0 Å². The van der Waals surface area contributed by atoms with Crippen molar-refractivity contribution < 1.29 is 27.2 Å². The Morgan fingerprint density at radius 2 is 2.12 bits per heavy atom. The highest BCUT2D eigenvalue weighted by Crippen LogP contribution is 2.13. The van der Waals surface area contributed by atoms with Crippen molar-refractivity contribution >= 4 is 5.91 Å². The zero-order chi connectivity index (χ0) is 12.2. The molecular weight excluding hydrogens is 232 g/mol. The molecule has 0 aliphatic heterocycles. The number of hydroxylamine groups is 1. The highest BCUT2D eigenvalue weighted by molar-refractivity contribution is 5.93. The summed E-state index contributed by atoms with van der Waals surface area (Å²) in [7, 11) is 0. The van der Waals surface area contributed by atoms with Gasteiger partial charge in [-0.05, 0) is 12.1 Å². The third-order valence-electron chi connectivity index (χ3n) is 1.39. The van der Waals surface area contributed by atoms with Gasteiger partial charge in [-0.25, -0.2) is 10.5 Å². The second-order valence-corrected chi connectivity index (χ2v) is 2.70. The number of hydrogen-bond donors (Lipinski definition) is 1. The van der Waals surface area contributed by atoms with Crippen LogP contribution in [0.15, 0.2) is 18.3 Å². The Morgan fingerprint density at radius 3 is 2.62 bits per heavy atom. The molecule has 0 radical (unpaired) electrons. The van der Waals surface area contributed by atoms with E-state index in [0.717, 1.165) is 18.3 Å². The molecule has 1 N–H and O–H groups in total. The first-order valence-corrected chi connectivity index (χ1v) is 3.99. The average molecular weight is 238 g/mol. The van der Waals surface area contributed by atoms with Gasteiger partial charge in [0.15, 0.2) is 6.61 Å². The molecule has 0 saturated heterocycles. The molecule has 0 spiro atoms. The molecule has 1 aromatic heterocycles. The van der Waals surface area contributed by atoms with Gasteiger partial charge in [-0.1, -0.05) is 0 Å². The molecular formula is C8H6F4N2O2. The summed E-state index contributed by atoms with van der Waals surface area (Å²) in [5, 5.41) is 0. The molecule has 0 aliphatic carbocycles. The lowest BCUT2D eigenvalue weighted by molar-refractivity contribution is -0.184. The molecule has 0 fully saturated rings. The molecule has 1 rings (SSSR count). The molecule has 0 atom stereocenters. The molecule has 1 heterocycles. The third-order valence-corrected chi connectivity index (χ3v) is 1.39. The van der Waals surface area contributed by atoms with E-state index in [1.165, 1.54) is 0 Å².